The van der Waals surface area contributed by atoms with Gasteiger partial charge in [0.05, 0.1) is 0 Å². The first-order chi connectivity index (χ1) is 7.33. The molecular weight excluding hydrogens is 191 g/mol. The van der Waals surface area contributed by atoms with Crippen LogP contribution in [0, 0.1) is 11.7 Å². The lowest BCUT2D eigenvalue weighted by Crippen LogP contribution is -2.22. The highest BCUT2D eigenvalue weighted by Crippen LogP contribution is 2.41. The Labute approximate surface area is 89.9 Å². The lowest BCUT2D eigenvalue weighted by molar-refractivity contribution is 0.203. The maximum atomic E-state index is 13.6. The normalized spacial score (nSPS) is 18.5. The molecule has 1 saturated carbocycles. The average Bonchev–Trinajstić information content (AvgIpc) is 2.15. The summed E-state index contributed by atoms with van der Waals surface area (Å²) in [4.78, 5) is 0. The van der Waals surface area contributed by atoms with E-state index in [-0.39, 0.29) is 18.3 Å². The molecule has 1 unspecified atom stereocenters. The highest BCUT2D eigenvalue weighted by atomic mass is 19.1. The van der Waals surface area contributed by atoms with Gasteiger partial charge in [-0.05, 0) is 42.7 Å². The minimum Gasteiger partial charge on any atom is -0.396 e. The zero-order chi connectivity index (χ0) is 10.7. The van der Waals surface area contributed by atoms with E-state index in [1.807, 2.05) is 12.1 Å². The van der Waals surface area contributed by atoms with E-state index in [1.54, 1.807) is 6.07 Å². The third-order valence-electron chi connectivity index (χ3n) is 3.46. The smallest absolute Gasteiger partial charge is 0.126 e. The molecule has 0 amide bonds. The van der Waals surface area contributed by atoms with Crippen LogP contribution < -0.4 is 0 Å². The van der Waals surface area contributed by atoms with Crippen molar-refractivity contribution < 1.29 is 9.50 Å². The molecule has 2 rings (SSSR count). The van der Waals surface area contributed by atoms with Gasteiger partial charge in [0.25, 0.3) is 0 Å². The highest BCUT2D eigenvalue weighted by Gasteiger charge is 2.29. The maximum absolute atomic E-state index is 13.6. The summed E-state index contributed by atoms with van der Waals surface area (Å²) in [5.41, 5.74) is 0.788. The summed E-state index contributed by atoms with van der Waals surface area (Å²) in [6.07, 6.45) is 4.30. The quantitative estimate of drug-likeness (QED) is 0.806. The molecule has 1 aliphatic carbocycles. The number of benzene rings is 1. The number of aliphatic hydroxyl groups is 1. The van der Waals surface area contributed by atoms with Crippen LogP contribution in [0.15, 0.2) is 24.3 Å². The van der Waals surface area contributed by atoms with Gasteiger partial charge in [-0.1, -0.05) is 24.6 Å². The van der Waals surface area contributed by atoms with E-state index in [2.05, 4.69) is 0 Å². The van der Waals surface area contributed by atoms with Crippen LogP contribution >= 0.6 is 0 Å². The number of halogens is 1. The molecule has 1 fully saturated rings. The largest absolute Gasteiger partial charge is 0.396 e. The van der Waals surface area contributed by atoms with Crippen molar-refractivity contribution in [1.29, 1.82) is 0 Å². The van der Waals surface area contributed by atoms with Gasteiger partial charge in [-0.2, -0.15) is 0 Å². The standard InChI is InChI=1S/C13H17FO/c14-13-7-2-1-6-12(13)11(8-9-15)10-4-3-5-10/h1-2,6-7,10-11,15H,3-5,8-9H2. The van der Waals surface area contributed by atoms with Gasteiger partial charge < -0.3 is 5.11 Å². The van der Waals surface area contributed by atoms with Crippen molar-refractivity contribution in [2.24, 2.45) is 5.92 Å². The third-order valence-corrected chi connectivity index (χ3v) is 3.46. The lowest BCUT2D eigenvalue weighted by Gasteiger charge is -2.34. The van der Waals surface area contributed by atoms with Crippen molar-refractivity contribution in [3.05, 3.63) is 35.6 Å². The third kappa shape index (κ3) is 2.20. The van der Waals surface area contributed by atoms with Gasteiger partial charge in [0, 0.05) is 6.61 Å². The van der Waals surface area contributed by atoms with Crippen LogP contribution in [0.5, 0.6) is 0 Å². The van der Waals surface area contributed by atoms with Gasteiger partial charge in [0.15, 0.2) is 0 Å². The Morgan fingerprint density at radius 3 is 2.60 bits per heavy atom. The molecule has 1 nitrogen and oxygen atoms in total. The summed E-state index contributed by atoms with van der Waals surface area (Å²) in [6, 6.07) is 6.96. The molecule has 82 valence electrons. The van der Waals surface area contributed by atoms with E-state index in [1.165, 1.54) is 25.3 Å². The number of hydrogen-bond acceptors (Lipinski definition) is 1. The summed E-state index contributed by atoms with van der Waals surface area (Å²) < 4.78 is 13.6. The predicted molar refractivity (Wildman–Crippen MR) is 58.2 cm³/mol. The number of hydrogen-bond donors (Lipinski definition) is 1. The molecule has 0 heterocycles. The monoisotopic (exact) mass is 208 g/mol. The zero-order valence-electron chi connectivity index (χ0n) is 8.82. The molecule has 0 spiro atoms. The Kier molecular flexibility index (Phi) is 3.37. The molecular formula is C13H17FO. The first kappa shape index (κ1) is 10.6. The minimum absolute atomic E-state index is 0.122. The SMILES string of the molecule is OCCC(c1ccccc1F)C1CCC1. The van der Waals surface area contributed by atoms with Gasteiger partial charge >= 0.3 is 0 Å². The van der Waals surface area contributed by atoms with E-state index >= 15 is 0 Å². The van der Waals surface area contributed by atoms with Gasteiger partial charge in [-0.3, -0.25) is 0 Å². The minimum atomic E-state index is -0.122. The molecule has 1 aliphatic rings. The van der Waals surface area contributed by atoms with Crippen molar-refractivity contribution in [3.63, 3.8) is 0 Å². The molecule has 1 N–H and O–H groups in total. The van der Waals surface area contributed by atoms with Crippen LogP contribution in [0.2, 0.25) is 0 Å². The van der Waals surface area contributed by atoms with E-state index in [9.17, 15) is 4.39 Å². The second-order valence-corrected chi connectivity index (χ2v) is 4.33. The second-order valence-electron chi connectivity index (χ2n) is 4.33. The van der Waals surface area contributed by atoms with Crippen molar-refractivity contribution in [3.8, 4) is 0 Å². The van der Waals surface area contributed by atoms with Gasteiger partial charge in [-0.25, -0.2) is 4.39 Å². The summed E-state index contributed by atoms with van der Waals surface area (Å²) in [5, 5.41) is 9.03. The number of aliphatic hydroxyl groups excluding tert-OH is 1. The van der Waals surface area contributed by atoms with Gasteiger partial charge in [0.2, 0.25) is 0 Å². The van der Waals surface area contributed by atoms with Crippen molar-refractivity contribution >= 4 is 0 Å². The van der Waals surface area contributed by atoms with Crippen LogP contribution in [0.25, 0.3) is 0 Å². The fourth-order valence-corrected chi connectivity index (χ4v) is 2.40. The van der Waals surface area contributed by atoms with E-state index in [4.69, 9.17) is 5.11 Å². The first-order valence-electron chi connectivity index (χ1n) is 5.68. The molecule has 0 bridgehead atoms. The Morgan fingerprint density at radius 2 is 2.07 bits per heavy atom. The summed E-state index contributed by atoms with van der Waals surface area (Å²) in [5.74, 6) is 0.668. The molecule has 1 aromatic rings. The molecule has 1 aromatic carbocycles. The molecule has 2 heteroatoms. The fraction of sp³-hybridized carbons (Fsp3) is 0.538. The highest BCUT2D eigenvalue weighted by molar-refractivity contribution is 5.23. The van der Waals surface area contributed by atoms with E-state index in [0.717, 1.165) is 5.56 Å². The summed E-state index contributed by atoms with van der Waals surface area (Å²) in [6.45, 7) is 0.148. The van der Waals surface area contributed by atoms with Crippen LogP contribution in [0.4, 0.5) is 4.39 Å². The van der Waals surface area contributed by atoms with Crippen molar-refractivity contribution in [1.82, 2.24) is 0 Å². The van der Waals surface area contributed by atoms with Crippen LogP contribution in [-0.2, 0) is 0 Å². The summed E-state index contributed by atoms with van der Waals surface area (Å²) >= 11 is 0. The van der Waals surface area contributed by atoms with Gasteiger partial charge in [0.1, 0.15) is 5.82 Å². The predicted octanol–water partition coefficient (Wildman–Crippen LogP) is 3.09. The van der Waals surface area contributed by atoms with E-state index in [0.29, 0.717) is 12.3 Å². The Balaban J connectivity index is 2.19. The van der Waals surface area contributed by atoms with Crippen LogP contribution in [0.3, 0.4) is 0 Å². The van der Waals surface area contributed by atoms with Crippen molar-refractivity contribution in [2.45, 2.75) is 31.6 Å². The van der Waals surface area contributed by atoms with Gasteiger partial charge in [-0.15, -0.1) is 0 Å². The molecule has 0 aliphatic heterocycles. The molecule has 0 aromatic heterocycles. The first-order valence-corrected chi connectivity index (χ1v) is 5.68. The van der Waals surface area contributed by atoms with Crippen LogP contribution in [0.1, 0.15) is 37.2 Å². The Bertz CT molecular complexity index is 320. The molecule has 15 heavy (non-hydrogen) atoms. The number of rotatable bonds is 4. The van der Waals surface area contributed by atoms with Crippen LogP contribution in [-0.4, -0.2) is 11.7 Å². The maximum Gasteiger partial charge on any atom is 0.126 e. The molecule has 1 atom stereocenters. The topological polar surface area (TPSA) is 20.2 Å². The molecule has 0 saturated heterocycles. The lowest BCUT2D eigenvalue weighted by atomic mass is 9.72. The zero-order valence-corrected chi connectivity index (χ0v) is 8.82. The van der Waals surface area contributed by atoms with Crippen molar-refractivity contribution in [2.75, 3.05) is 6.61 Å². The van der Waals surface area contributed by atoms with E-state index < -0.39 is 0 Å². The fourth-order valence-electron chi connectivity index (χ4n) is 2.40. The Morgan fingerprint density at radius 1 is 1.33 bits per heavy atom. The second kappa shape index (κ2) is 4.75. The Hall–Kier alpha value is -0.890. The molecule has 0 radical (unpaired) electrons. The summed E-state index contributed by atoms with van der Waals surface area (Å²) in [7, 11) is 0. The average molecular weight is 208 g/mol.